The summed E-state index contributed by atoms with van der Waals surface area (Å²) in [4.78, 5) is 19.3. The van der Waals surface area contributed by atoms with Gasteiger partial charge in [0.15, 0.2) is 0 Å². The minimum Gasteiger partial charge on any atom is -0.450 e. The van der Waals surface area contributed by atoms with Crippen molar-refractivity contribution in [1.29, 1.82) is 0 Å². The predicted octanol–water partition coefficient (Wildman–Crippen LogP) is 2.51. The first-order chi connectivity index (χ1) is 10.1. The lowest BCUT2D eigenvalue weighted by atomic mass is 10.1. The van der Waals surface area contributed by atoms with Crippen LogP contribution in [0.1, 0.15) is 35.3 Å². The molecule has 6 heteroatoms. The molecule has 1 aromatic rings. The fraction of sp³-hybridized carbons (Fsp3) is 0.733. The van der Waals surface area contributed by atoms with Crippen LogP contribution in [0.25, 0.3) is 0 Å². The summed E-state index contributed by atoms with van der Waals surface area (Å²) in [5.41, 5.74) is 1.15. The van der Waals surface area contributed by atoms with Gasteiger partial charge in [-0.25, -0.2) is 9.78 Å². The zero-order chi connectivity index (χ0) is 15.2. The van der Waals surface area contributed by atoms with Gasteiger partial charge in [0.05, 0.1) is 17.3 Å². The lowest BCUT2D eigenvalue weighted by Crippen LogP contribution is -2.45. The normalized spacial score (nSPS) is 16.2. The molecule has 1 N–H and O–H groups in total. The monoisotopic (exact) mass is 311 g/mol. The highest BCUT2D eigenvalue weighted by atomic mass is 32.1. The van der Waals surface area contributed by atoms with E-state index in [0.29, 0.717) is 12.6 Å². The lowest BCUT2D eigenvalue weighted by molar-refractivity contribution is 0.0952. The van der Waals surface area contributed by atoms with E-state index >= 15 is 0 Å². The summed E-state index contributed by atoms with van der Waals surface area (Å²) in [7, 11) is 0. The molecule has 1 aliphatic heterocycles. The van der Waals surface area contributed by atoms with E-state index in [1.54, 1.807) is 16.2 Å². The van der Waals surface area contributed by atoms with Gasteiger partial charge in [0.1, 0.15) is 0 Å². The average molecular weight is 311 g/mol. The van der Waals surface area contributed by atoms with Crippen LogP contribution in [0.3, 0.4) is 0 Å². The molecule has 0 atom stereocenters. The second-order valence-corrected chi connectivity index (χ2v) is 6.70. The van der Waals surface area contributed by atoms with Gasteiger partial charge in [-0.05, 0) is 33.6 Å². The minimum atomic E-state index is -0.176. The Kier molecular flexibility index (Phi) is 5.99. The number of carbonyl (C=O) groups is 1. The Bertz CT molecular complexity index is 448. The van der Waals surface area contributed by atoms with Crippen molar-refractivity contribution in [3.05, 3.63) is 15.6 Å². The van der Waals surface area contributed by atoms with Crippen LogP contribution < -0.4 is 5.32 Å². The van der Waals surface area contributed by atoms with Gasteiger partial charge in [-0.3, -0.25) is 0 Å². The van der Waals surface area contributed by atoms with E-state index in [9.17, 15) is 4.79 Å². The highest BCUT2D eigenvalue weighted by Crippen LogP contribution is 2.17. The Morgan fingerprint density at radius 1 is 1.43 bits per heavy atom. The number of aryl methyl sites for hydroxylation is 2. The quantitative estimate of drug-likeness (QED) is 0.908. The zero-order valence-electron chi connectivity index (χ0n) is 13.1. The van der Waals surface area contributed by atoms with Gasteiger partial charge in [-0.1, -0.05) is 0 Å². The molecule has 0 spiro atoms. The number of carbonyl (C=O) groups excluding carboxylic acids is 1. The van der Waals surface area contributed by atoms with Gasteiger partial charge in [0.2, 0.25) is 0 Å². The molecular formula is C15H25N3O2S. The van der Waals surface area contributed by atoms with Gasteiger partial charge >= 0.3 is 6.09 Å². The van der Waals surface area contributed by atoms with E-state index in [2.05, 4.69) is 24.1 Å². The van der Waals surface area contributed by atoms with E-state index in [0.717, 1.165) is 44.6 Å². The molecule has 21 heavy (non-hydrogen) atoms. The van der Waals surface area contributed by atoms with E-state index < -0.39 is 0 Å². The van der Waals surface area contributed by atoms with Gasteiger partial charge in [0.25, 0.3) is 0 Å². The van der Waals surface area contributed by atoms with Crippen LogP contribution in [0.2, 0.25) is 0 Å². The summed E-state index contributed by atoms with van der Waals surface area (Å²) < 4.78 is 5.03. The largest absolute Gasteiger partial charge is 0.450 e. The summed E-state index contributed by atoms with van der Waals surface area (Å²) in [6, 6.07) is 0.498. The Hall–Kier alpha value is -1.14. The van der Waals surface area contributed by atoms with Crippen LogP contribution in [0.15, 0.2) is 0 Å². The molecule has 1 aromatic heterocycles. The number of likely N-dealkylation sites (tertiary alicyclic amines) is 1. The maximum Gasteiger partial charge on any atom is 0.409 e. The third kappa shape index (κ3) is 4.68. The number of nitrogens with zero attached hydrogens (tertiary/aromatic N) is 2. The first-order valence-electron chi connectivity index (χ1n) is 7.68. The number of aromatic nitrogens is 1. The molecule has 1 saturated heterocycles. The molecule has 0 aliphatic carbocycles. The fourth-order valence-electron chi connectivity index (χ4n) is 2.51. The van der Waals surface area contributed by atoms with Crippen molar-refractivity contribution >= 4 is 17.4 Å². The van der Waals surface area contributed by atoms with Gasteiger partial charge in [-0.2, -0.15) is 0 Å². The molecular weight excluding hydrogens is 286 g/mol. The van der Waals surface area contributed by atoms with Crippen molar-refractivity contribution in [2.75, 3.05) is 26.2 Å². The Morgan fingerprint density at radius 2 is 2.14 bits per heavy atom. The molecule has 1 aliphatic rings. The van der Waals surface area contributed by atoms with Crippen molar-refractivity contribution in [3.8, 4) is 0 Å². The van der Waals surface area contributed by atoms with E-state index in [1.165, 1.54) is 9.88 Å². The van der Waals surface area contributed by atoms with Crippen LogP contribution in [0.5, 0.6) is 0 Å². The van der Waals surface area contributed by atoms with E-state index in [1.807, 2.05) is 6.92 Å². The van der Waals surface area contributed by atoms with Gasteiger partial charge in [-0.15, -0.1) is 11.3 Å². The third-order valence-corrected chi connectivity index (χ3v) is 5.00. The second kappa shape index (κ2) is 7.75. The van der Waals surface area contributed by atoms with E-state index in [-0.39, 0.29) is 6.09 Å². The third-order valence-electron chi connectivity index (χ3n) is 3.87. The fourth-order valence-corrected chi connectivity index (χ4v) is 3.44. The maximum absolute atomic E-state index is 11.6. The number of piperidine rings is 1. The maximum atomic E-state index is 11.6. The van der Waals surface area contributed by atoms with Gasteiger partial charge < -0.3 is 15.0 Å². The van der Waals surface area contributed by atoms with Crippen molar-refractivity contribution in [2.45, 2.75) is 46.1 Å². The molecule has 0 radical (unpaired) electrons. The van der Waals surface area contributed by atoms with Gasteiger partial charge in [0, 0.05) is 37.0 Å². The summed E-state index contributed by atoms with van der Waals surface area (Å²) >= 11 is 1.79. The number of hydrogen-bond acceptors (Lipinski definition) is 5. The van der Waals surface area contributed by atoms with Crippen molar-refractivity contribution < 1.29 is 9.53 Å². The number of hydrogen-bond donors (Lipinski definition) is 1. The van der Waals surface area contributed by atoms with Crippen molar-refractivity contribution in [2.24, 2.45) is 0 Å². The molecule has 0 unspecified atom stereocenters. The lowest BCUT2D eigenvalue weighted by Gasteiger charge is -2.31. The number of nitrogens with one attached hydrogen (secondary N) is 1. The Labute approximate surface area is 130 Å². The van der Waals surface area contributed by atoms with Crippen molar-refractivity contribution in [3.63, 3.8) is 0 Å². The topological polar surface area (TPSA) is 54.5 Å². The Morgan fingerprint density at radius 3 is 2.71 bits per heavy atom. The summed E-state index contributed by atoms with van der Waals surface area (Å²) in [6.45, 7) is 9.00. The zero-order valence-corrected chi connectivity index (χ0v) is 14.0. The molecule has 1 amide bonds. The summed E-state index contributed by atoms with van der Waals surface area (Å²) in [6.07, 6.45) is 2.80. The molecule has 0 aromatic carbocycles. The smallest absolute Gasteiger partial charge is 0.409 e. The second-order valence-electron chi connectivity index (χ2n) is 5.41. The van der Waals surface area contributed by atoms with Crippen molar-refractivity contribution in [1.82, 2.24) is 15.2 Å². The number of ether oxygens (including phenoxy) is 1. The molecule has 2 rings (SSSR count). The first-order valence-corrected chi connectivity index (χ1v) is 8.49. The number of rotatable bonds is 5. The van der Waals surface area contributed by atoms with Crippen LogP contribution in [-0.2, 0) is 11.2 Å². The molecule has 2 heterocycles. The molecule has 118 valence electrons. The SMILES string of the molecule is CCOC(=O)N1CCC(NCCc2nc(C)c(C)s2)CC1. The summed E-state index contributed by atoms with van der Waals surface area (Å²) in [5.74, 6) is 0. The predicted molar refractivity (Wildman–Crippen MR) is 84.9 cm³/mol. The molecule has 5 nitrogen and oxygen atoms in total. The minimum absolute atomic E-state index is 0.176. The highest BCUT2D eigenvalue weighted by Gasteiger charge is 2.23. The highest BCUT2D eigenvalue weighted by molar-refractivity contribution is 7.11. The summed E-state index contributed by atoms with van der Waals surface area (Å²) in [5, 5.41) is 4.79. The van der Waals surface area contributed by atoms with Crippen LogP contribution in [-0.4, -0.2) is 48.3 Å². The van der Waals surface area contributed by atoms with Crippen LogP contribution in [0, 0.1) is 13.8 Å². The first kappa shape index (κ1) is 16.2. The van der Waals surface area contributed by atoms with Crippen LogP contribution in [0.4, 0.5) is 4.79 Å². The molecule has 1 fully saturated rings. The number of amides is 1. The van der Waals surface area contributed by atoms with E-state index in [4.69, 9.17) is 4.74 Å². The average Bonchev–Trinajstić information content (AvgIpc) is 2.78. The molecule has 0 saturated carbocycles. The standard InChI is InChI=1S/C15H25N3O2S/c1-4-20-15(19)18-9-6-13(7-10-18)16-8-5-14-17-11(2)12(3)21-14/h13,16H,4-10H2,1-3H3. The van der Waals surface area contributed by atoms with Crippen LogP contribution >= 0.6 is 11.3 Å². The number of thiazole rings is 1. The molecule has 0 bridgehead atoms. The Balaban J connectivity index is 1.66.